The highest BCUT2D eigenvalue weighted by atomic mass is 19.4. The summed E-state index contributed by atoms with van der Waals surface area (Å²) in [6.07, 6.45) is -3.45. The fraction of sp³-hybridized carbons (Fsp3) is 0.353. The van der Waals surface area contributed by atoms with Crippen LogP contribution in [0.15, 0.2) is 42.0 Å². The SMILES string of the molecule is C=CCN(CC(F)(F)F)C(=O)C1=NN(Cc2ccc(F)cc2)C(=O)CC1. The Morgan fingerprint density at radius 3 is 2.50 bits per heavy atom. The minimum absolute atomic E-state index is 0.00335. The van der Waals surface area contributed by atoms with Crippen LogP contribution in [0, 0.1) is 5.82 Å². The molecule has 26 heavy (non-hydrogen) atoms. The molecule has 0 fully saturated rings. The minimum Gasteiger partial charge on any atom is -0.325 e. The van der Waals surface area contributed by atoms with Crippen molar-refractivity contribution in [2.75, 3.05) is 13.1 Å². The number of hydrazone groups is 1. The van der Waals surface area contributed by atoms with Gasteiger partial charge in [0.05, 0.1) is 6.54 Å². The quantitative estimate of drug-likeness (QED) is 0.570. The molecule has 140 valence electrons. The molecule has 1 aliphatic rings. The molecule has 0 bridgehead atoms. The van der Waals surface area contributed by atoms with E-state index in [-0.39, 0.29) is 37.6 Å². The predicted octanol–water partition coefficient (Wildman–Crippen LogP) is 2.88. The molecule has 0 radical (unpaired) electrons. The van der Waals surface area contributed by atoms with Gasteiger partial charge in [-0.3, -0.25) is 9.59 Å². The van der Waals surface area contributed by atoms with Crippen molar-refractivity contribution >= 4 is 17.5 Å². The molecule has 5 nitrogen and oxygen atoms in total. The molecule has 2 rings (SSSR count). The van der Waals surface area contributed by atoms with Gasteiger partial charge in [-0.1, -0.05) is 18.2 Å². The number of hydrogen-bond acceptors (Lipinski definition) is 3. The number of carbonyl (C=O) groups excluding carboxylic acids is 2. The van der Waals surface area contributed by atoms with Gasteiger partial charge in [0.15, 0.2) is 0 Å². The second-order valence-electron chi connectivity index (χ2n) is 5.71. The normalized spacial score (nSPS) is 14.8. The van der Waals surface area contributed by atoms with Crippen LogP contribution in [0.1, 0.15) is 18.4 Å². The lowest BCUT2D eigenvalue weighted by molar-refractivity contribution is -0.156. The molecule has 0 saturated heterocycles. The number of benzene rings is 1. The smallest absolute Gasteiger partial charge is 0.325 e. The zero-order chi connectivity index (χ0) is 19.3. The van der Waals surface area contributed by atoms with Gasteiger partial charge in [0, 0.05) is 19.4 Å². The number of amides is 2. The van der Waals surface area contributed by atoms with Gasteiger partial charge in [-0.2, -0.15) is 18.3 Å². The van der Waals surface area contributed by atoms with E-state index in [9.17, 15) is 27.2 Å². The molecule has 0 spiro atoms. The highest BCUT2D eigenvalue weighted by Gasteiger charge is 2.35. The van der Waals surface area contributed by atoms with Crippen LogP contribution < -0.4 is 0 Å². The zero-order valence-electron chi connectivity index (χ0n) is 13.8. The fourth-order valence-electron chi connectivity index (χ4n) is 2.42. The zero-order valence-corrected chi connectivity index (χ0v) is 13.8. The second-order valence-corrected chi connectivity index (χ2v) is 5.71. The molecule has 1 aromatic carbocycles. The molecule has 2 amide bonds. The van der Waals surface area contributed by atoms with Crippen LogP contribution in [-0.4, -0.2) is 46.7 Å². The van der Waals surface area contributed by atoms with E-state index in [0.29, 0.717) is 10.5 Å². The third-order valence-corrected chi connectivity index (χ3v) is 3.60. The lowest BCUT2D eigenvalue weighted by Crippen LogP contribution is -2.45. The Kier molecular flexibility index (Phi) is 6.12. The Labute approximate surface area is 147 Å². The van der Waals surface area contributed by atoms with E-state index in [1.165, 1.54) is 30.3 Å². The highest BCUT2D eigenvalue weighted by Crippen LogP contribution is 2.19. The van der Waals surface area contributed by atoms with Crippen molar-refractivity contribution in [1.82, 2.24) is 9.91 Å². The fourth-order valence-corrected chi connectivity index (χ4v) is 2.42. The van der Waals surface area contributed by atoms with Crippen molar-refractivity contribution in [3.63, 3.8) is 0 Å². The molecule has 0 aromatic heterocycles. The number of halogens is 4. The molecule has 1 heterocycles. The Morgan fingerprint density at radius 1 is 1.27 bits per heavy atom. The first-order valence-electron chi connectivity index (χ1n) is 7.79. The van der Waals surface area contributed by atoms with E-state index in [0.717, 1.165) is 5.01 Å². The van der Waals surface area contributed by atoms with E-state index < -0.39 is 24.4 Å². The average molecular weight is 371 g/mol. The first-order valence-corrected chi connectivity index (χ1v) is 7.79. The summed E-state index contributed by atoms with van der Waals surface area (Å²) in [6.45, 7) is 1.63. The number of rotatable bonds is 6. The number of carbonyl (C=O) groups is 2. The van der Waals surface area contributed by atoms with Crippen LogP contribution in [0.4, 0.5) is 17.6 Å². The monoisotopic (exact) mass is 371 g/mol. The number of hydrogen-bond donors (Lipinski definition) is 0. The maximum atomic E-state index is 12.9. The predicted molar refractivity (Wildman–Crippen MR) is 86.5 cm³/mol. The molecule has 0 unspecified atom stereocenters. The third kappa shape index (κ3) is 5.40. The lowest BCUT2D eigenvalue weighted by Gasteiger charge is -2.27. The molecular weight excluding hydrogens is 354 g/mol. The van der Waals surface area contributed by atoms with E-state index in [4.69, 9.17) is 0 Å². The summed E-state index contributed by atoms with van der Waals surface area (Å²) >= 11 is 0. The second kappa shape index (κ2) is 8.11. The Bertz CT molecular complexity index is 714. The van der Waals surface area contributed by atoms with E-state index >= 15 is 0 Å². The lowest BCUT2D eigenvalue weighted by atomic mass is 10.1. The maximum Gasteiger partial charge on any atom is 0.406 e. The highest BCUT2D eigenvalue weighted by molar-refractivity contribution is 6.39. The Morgan fingerprint density at radius 2 is 1.92 bits per heavy atom. The van der Waals surface area contributed by atoms with Crippen molar-refractivity contribution in [3.05, 3.63) is 48.3 Å². The van der Waals surface area contributed by atoms with Gasteiger partial charge in [-0.15, -0.1) is 6.58 Å². The van der Waals surface area contributed by atoms with Gasteiger partial charge in [0.2, 0.25) is 5.91 Å². The van der Waals surface area contributed by atoms with Gasteiger partial charge >= 0.3 is 6.18 Å². The molecule has 1 aromatic rings. The summed E-state index contributed by atoms with van der Waals surface area (Å²) in [5.74, 6) is -1.69. The summed E-state index contributed by atoms with van der Waals surface area (Å²) in [7, 11) is 0. The first kappa shape index (κ1) is 19.6. The van der Waals surface area contributed by atoms with Crippen LogP contribution in [0.2, 0.25) is 0 Å². The van der Waals surface area contributed by atoms with Gasteiger partial charge in [0.1, 0.15) is 18.1 Å². The summed E-state index contributed by atoms with van der Waals surface area (Å²) < 4.78 is 50.9. The van der Waals surface area contributed by atoms with Crippen molar-refractivity contribution in [2.45, 2.75) is 25.6 Å². The molecule has 1 aliphatic heterocycles. The standard InChI is InChI=1S/C17H17F4N3O2/c1-2-9-23(11-17(19,20)21)16(26)14-7-8-15(25)24(22-14)10-12-3-5-13(18)6-4-12/h2-6H,1,7-11H2. The summed E-state index contributed by atoms with van der Waals surface area (Å²) in [5, 5.41) is 4.94. The average Bonchev–Trinajstić information content (AvgIpc) is 2.56. The van der Waals surface area contributed by atoms with Gasteiger partial charge in [-0.05, 0) is 17.7 Å². The summed E-state index contributed by atoms with van der Waals surface area (Å²) in [4.78, 5) is 24.9. The van der Waals surface area contributed by atoms with Crippen LogP contribution in [0.5, 0.6) is 0 Å². The Balaban J connectivity index is 2.18. The molecule has 0 N–H and O–H groups in total. The Hall–Kier alpha value is -2.71. The molecule has 0 saturated carbocycles. The van der Waals surface area contributed by atoms with E-state index in [1.807, 2.05) is 0 Å². The van der Waals surface area contributed by atoms with Crippen LogP contribution in [-0.2, 0) is 16.1 Å². The third-order valence-electron chi connectivity index (χ3n) is 3.60. The molecule has 0 aliphatic carbocycles. The van der Waals surface area contributed by atoms with Crippen molar-refractivity contribution in [3.8, 4) is 0 Å². The van der Waals surface area contributed by atoms with Gasteiger partial charge in [0.25, 0.3) is 5.91 Å². The van der Waals surface area contributed by atoms with E-state index in [2.05, 4.69) is 11.7 Å². The topological polar surface area (TPSA) is 53.0 Å². The van der Waals surface area contributed by atoms with Crippen LogP contribution in [0.3, 0.4) is 0 Å². The van der Waals surface area contributed by atoms with Crippen molar-refractivity contribution in [1.29, 1.82) is 0 Å². The van der Waals surface area contributed by atoms with Crippen LogP contribution >= 0.6 is 0 Å². The molecule has 9 heteroatoms. The summed E-state index contributed by atoms with van der Waals surface area (Å²) in [5.41, 5.74) is 0.452. The van der Waals surface area contributed by atoms with Crippen LogP contribution in [0.25, 0.3) is 0 Å². The van der Waals surface area contributed by atoms with Gasteiger partial charge in [-0.25, -0.2) is 9.40 Å². The number of nitrogens with zero attached hydrogens (tertiary/aromatic N) is 3. The molecule has 0 atom stereocenters. The largest absolute Gasteiger partial charge is 0.406 e. The molecular formula is C17H17F4N3O2. The number of alkyl halides is 3. The van der Waals surface area contributed by atoms with Crippen molar-refractivity contribution in [2.24, 2.45) is 5.10 Å². The summed E-state index contributed by atoms with van der Waals surface area (Å²) in [6, 6.07) is 5.35. The maximum absolute atomic E-state index is 12.9. The van der Waals surface area contributed by atoms with E-state index in [1.54, 1.807) is 0 Å². The van der Waals surface area contributed by atoms with Crippen molar-refractivity contribution < 1.29 is 27.2 Å². The first-order chi connectivity index (χ1) is 12.2. The minimum atomic E-state index is -4.56. The van der Waals surface area contributed by atoms with Gasteiger partial charge < -0.3 is 4.90 Å².